The number of piperazine rings is 1. The topological polar surface area (TPSA) is 104 Å². The van der Waals surface area contributed by atoms with Crippen molar-refractivity contribution >= 4 is 33.2 Å². The predicted octanol–water partition coefficient (Wildman–Crippen LogP) is 0.654. The summed E-state index contributed by atoms with van der Waals surface area (Å²) in [6, 6.07) is 1.15. The molecule has 1 fully saturated rings. The zero-order valence-corrected chi connectivity index (χ0v) is 13.5. The molecule has 7 nitrogen and oxygen atoms in total. The summed E-state index contributed by atoms with van der Waals surface area (Å²) in [7, 11) is -3.93. The molecule has 1 aliphatic heterocycles. The van der Waals surface area contributed by atoms with Crippen LogP contribution in [0.2, 0.25) is 0 Å². The first-order chi connectivity index (χ1) is 9.58. The maximum atomic E-state index is 12.8. The van der Waals surface area contributed by atoms with E-state index in [2.05, 4.69) is 5.32 Å². The number of hydrogen-bond acceptors (Lipinski definition) is 5. The summed E-state index contributed by atoms with van der Waals surface area (Å²) in [5.74, 6) is -1.54. The number of hydrogen-bond donors (Lipinski definition) is 2. The summed E-state index contributed by atoms with van der Waals surface area (Å²) < 4.78 is 26.7. The highest BCUT2D eigenvalue weighted by Gasteiger charge is 2.45. The van der Waals surface area contributed by atoms with Crippen LogP contribution < -0.4 is 5.32 Å². The Balaban J connectivity index is 2.51. The third-order valence-electron chi connectivity index (χ3n) is 3.43. The molecular formula is C12H16N2O5S2. The van der Waals surface area contributed by atoms with Crippen molar-refractivity contribution in [1.29, 1.82) is 0 Å². The highest BCUT2D eigenvalue weighted by Crippen LogP contribution is 2.32. The van der Waals surface area contributed by atoms with Crippen molar-refractivity contribution in [3.8, 4) is 0 Å². The fourth-order valence-corrected chi connectivity index (χ4v) is 5.40. The van der Waals surface area contributed by atoms with E-state index in [-0.39, 0.29) is 28.8 Å². The summed E-state index contributed by atoms with van der Waals surface area (Å²) in [4.78, 5) is 23.2. The summed E-state index contributed by atoms with van der Waals surface area (Å²) >= 11 is 0.908. The van der Waals surface area contributed by atoms with Crippen LogP contribution >= 0.6 is 11.3 Å². The Morgan fingerprint density at radius 3 is 2.62 bits per heavy atom. The van der Waals surface area contributed by atoms with Gasteiger partial charge in [-0.2, -0.15) is 4.31 Å². The number of rotatable bonds is 3. The summed E-state index contributed by atoms with van der Waals surface area (Å²) in [6.45, 7) is 4.99. The van der Waals surface area contributed by atoms with Crippen LogP contribution in [0.15, 0.2) is 11.0 Å². The van der Waals surface area contributed by atoms with Gasteiger partial charge in [0.05, 0.1) is 4.90 Å². The molecule has 1 saturated heterocycles. The molecule has 1 amide bonds. The van der Waals surface area contributed by atoms with E-state index in [4.69, 9.17) is 5.11 Å². The van der Waals surface area contributed by atoms with Gasteiger partial charge in [0, 0.05) is 18.0 Å². The summed E-state index contributed by atoms with van der Waals surface area (Å²) in [6.07, 6.45) is 0. The van der Waals surface area contributed by atoms with E-state index in [0.29, 0.717) is 4.88 Å². The second-order valence-corrected chi connectivity index (χ2v) is 8.32. The number of carbonyl (C=O) groups excluding carboxylic acids is 1. The molecule has 116 valence electrons. The van der Waals surface area contributed by atoms with E-state index in [1.165, 1.54) is 13.8 Å². The molecule has 0 atom stereocenters. The number of thiophene rings is 1. The maximum Gasteiger partial charge on any atom is 0.345 e. The number of amides is 1. The van der Waals surface area contributed by atoms with E-state index in [9.17, 15) is 18.0 Å². The zero-order chi connectivity index (χ0) is 16.0. The number of nitrogens with one attached hydrogen (secondary N) is 1. The third-order valence-corrected chi connectivity index (χ3v) is 6.80. The SMILES string of the molecule is Cc1sc(C(=O)O)cc1S(=O)(=O)N1CCNC(=O)C1(C)C. The van der Waals surface area contributed by atoms with Crippen LogP contribution in [0.1, 0.15) is 28.4 Å². The van der Waals surface area contributed by atoms with Gasteiger partial charge in [0.1, 0.15) is 10.4 Å². The molecule has 2 rings (SSSR count). The van der Waals surface area contributed by atoms with Crippen LogP contribution in [0.25, 0.3) is 0 Å². The molecule has 0 bridgehead atoms. The van der Waals surface area contributed by atoms with Crippen molar-refractivity contribution in [3.63, 3.8) is 0 Å². The average Bonchev–Trinajstić information content (AvgIpc) is 2.75. The summed E-state index contributed by atoms with van der Waals surface area (Å²) in [5, 5.41) is 11.6. The number of nitrogens with zero attached hydrogens (tertiary/aromatic N) is 1. The first-order valence-corrected chi connectivity index (χ1v) is 8.49. The van der Waals surface area contributed by atoms with Crippen LogP contribution in [0.3, 0.4) is 0 Å². The van der Waals surface area contributed by atoms with Gasteiger partial charge in [-0.1, -0.05) is 0 Å². The molecule has 0 aliphatic carbocycles. The van der Waals surface area contributed by atoms with E-state index < -0.39 is 21.5 Å². The van der Waals surface area contributed by atoms with Crippen LogP contribution in [-0.2, 0) is 14.8 Å². The van der Waals surface area contributed by atoms with Gasteiger partial charge in [0.15, 0.2) is 0 Å². The minimum atomic E-state index is -3.93. The van der Waals surface area contributed by atoms with Crippen LogP contribution in [0.5, 0.6) is 0 Å². The van der Waals surface area contributed by atoms with Crippen molar-refractivity contribution < 1.29 is 23.1 Å². The first-order valence-electron chi connectivity index (χ1n) is 6.23. The summed E-state index contributed by atoms with van der Waals surface area (Å²) in [5.41, 5.74) is -1.21. The lowest BCUT2D eigenvalue weighted by Gasteiger charge is -2.39. The van der Waals surface area contributed by atoms with Gasteiger partial charge in [-0.25, -0.2) is 13.2 Å². The molecule has 0 saturated carbocycles. The van der Waals surface area contributed by atoms with Gasteiger partial charge >= 0.3 is 5.97 Å². The number of sulfonamides is 1. The number of carbonyl (C=O) groups is 2. The molecule has 0 radical (unpaired) electrons. The molecule has 2 heterocycles. The lowest BCUT2D eigenvalue weighted by Crippen LogP contribution is -2.63. The highest BCUT2D eigenvalue weighted by molar-refractivity contribution is 7.89. The van der Waals surface area contributed by atoms with Crippen molar-refractivity contribution in [2.45, 2.75) is 31.2 Å². The Labute approximate surface area is 126 Å². The van der Waals surface area contributed by atoms with Crippen molar-refractivity contribution in [3.05, 3.63) is 15.8 Å². The largest absolute Gasteiger partial charge is 0.477 e. The fraction of sp³-hybridized carbons (Fsp3) is 0.500. The van der Waals surface area contributed by atoms with E-state index in [1.54, 1.807) is 6.92 Å². The van der Waals surface area contributed by atoms with E-state index >= 15 is 0 Å². The number of carboxylic acids is 1. The zero-order valence-electron chi connectivity index (χ0n) is 11.8. The molecule has 0 unspecified atom stereocenters. The van der Waals surface area contributed by atoms with Gasteiger partial charge in [-0.3, -0.25) is 4.79 Å². The third kappa shape index (κ3) is 2.56. The first kappa shape index (κ1) is 15.9. The van der Waals surface area contributed by atoms with Gasteiger partial charge in [0.25, 0.3) is 0 Å². The monoisotopic (exact) mass is 332 g/mol. The molecule has 0 spiro atoms. The standard InChI is InChI=1S/C12H16N2O5S2/c1-7-9(6-8(20-7)10(15)16)21(18,19)14-5-4-13-11(17)12(14,2)3/h6H,4-5H2,1-3H3,(H,13,17)(H,15,16). The molecule has 9 heteroatoms. The smallest absolute Gasteiger partial charge is 0.345 e. The maximum absolute atomic E-state index is 12.8. The van der Waals surface area contributed by atoms with Gasteiger partial charge in [0.2, 0.25) is 15.9 Å². The van der Waals surface area contributed by atoms with E-state index in [1.807, 2.05) is 0 Å². The number of carboxylic acid groups (broad SMARTS) is 1. The minimum absolute atomic E-state index is 0.0367. The van der Waals surface area contributed by atoms with Crippen molar-refractivity contribution in [2.24, 2.45) is 0 Å². The van der Waals surface area contributed by atoms with Crippen molar-refractivity contribution in [1.82, 2.24) is 9.62 Å². The van der Waals surface area contributed by atoms with Crippen LogP contribution in [0, 0.1) is 6.92 Å². The Bertz CT molecular complexity index is 705. The molecule has 21 heavy (non-hydrogen) atoms. The quantitative estimate of drug-likeness (QED) is 0.846. The highest BCUT2D eigenvalue weighted by atomic mass is 32.2. The molecule has 1 aliphatic rings. The van der Waals surface area contributed by atoms with Crippen molar-refractivity contribution in [2.75, 3.05) is 13.1 Å². The lowest BCUT2D eigenvalue weighted by molar-refractivity contribution is -0.131. The number of aromatic carboxylic acids is 1. The second kappa shape index (κ2) is 5.08. The molecular weight excluding hydrogens is 316 g/mol. The second-order valence-electron chi connectivity index (χ2n) is 5.23. The molecule has 1 aromatic heterocycles. The number of aryl methyl sites for hydroxylation is 1. The Kier molecular flexibility index (Phi) is 3.85. The molecule has 0 aromatic carbocycles. The van der Waals surface area contributed by atoms with Gasteiger partial charge in [-0.05, 0) is 26.8 Å². The lowest BCUT2D eigenvalue weighted by atomic mass is 10.0. The minimum Gasteiger partial charge on any atom is -0.477 e. The van der Waals surface area contributed by atoms with Gasteiger partial charge < -0.3 is 10.4 Å². The Hall–Kier alpha value is -1.45. The Morgan fingerprint density at radius 2 is 2.10 bits per heavy atom. The molecule has 2 N–H and O–H groups in total. The fourth-order valence-electron chi connectivity index (χ4n) is 2.25. The molecule has 1 aromatic rings. The van der Waals surface area contributed by atoms with E-state index in [0.717, 1.165) is 21.7 Å². The van der Waals surface area contributed by atoms with Crippen LogP contribution in [0.4, 0.5) is 0 Å². The normalized spacial score (nSPS) is 19.3. The average molecular weight is 332 g/mol. The predicted molar refractivity (Wildman–Crippen MR) is 77.0 cm³/mol. The van der Waals surface area contributed by atoms with Crippen LogP contribution in [-0.4, -0.2) is 48.3 Å². The Morgan fingerprint density at radius 1 is 1.48 bits per heavy atom. The van der Waals surface area contributed by atoms with Gasteiger partial charge in [-0.15, -0.1) is 11.3 Å².